The Morgan fingerprint density at radius 2 is 2.08 bits per heavy atom. The van der Waals surface area contributed by atoms with Crippen LogP contribution in [-0.2, 0) is 6.42 Å². The van der Waals surface area contributed by atoms with Gasteiger partial charge in [-0.1, -0.05) is 0 Å². The molecule has 3 nitrogen and oxygen atoms in total. The molecular formula is C10H11N3. The molecule has 0 atom stereocenters. The van der Waals surface area contributed by atoms with Crippen molar-refractivity contribution in [1.29, 1.82) is 0 Å². The Balaban J connectivity index is 2.61. The van der Waals surface area contributed by atoms with E-state index in [1.165, 1.54) is 5.39 Å². The summed E-state index contributed by atoms with van der Waals surface area (Å²) in [4.78, 5) is 8.35. The molecule has 0 fully saturated rings. The number of hydrogen-bond donors (Lipinski definition) is 1. The fourth-order valence-corrected chi connectivity index (χ4v) is 1.40. The van der Waals surface area contributed by atoms with Crippen LogP contribution >= 0.6 is 0 Å². The smallest absolute Gasteiger partial charge is 0.0509 e. The van der Waals surface area contributed by atoms with Gasteiger partial charge in [-0.15, -0.1) is 0 Å². The van der Waals surface area contributed by atoms with Crippen molar-refractivity contribution in [3.8, 4) is 0 Å². The molecule has 0 spiro atoms. The van der Waals surface area contributed by atoms with Crippen LogP contribution in [0.1, 0.15) is 5.69 Å². The maximum Gasteiger partial charge on any atom is 0.0509 e. The molecule has 0 aliphatic rings. The largest absolute Gasteiger partial charge is 0.330 e. The van der Waals surface area contributed by atoms with E-state index >= 15 is 0 Å². The summed E-state index contributed by atoms with van der Waals surface area (Å²) in [5.41, 5.74) is 6.53. The highest BCUT2D eigenvalue weighted by atomic mass is 14.7. The molecule has 2 heterocycles. The summed E-state index contributed by atoms with van der Waals surface area (Å²) < 4.78 is 0. The zero-order valence-electron chi connectivity index (χ0n) is 7.27. The van der Waals surface area contributed by atoms with Crippen LogP contribution in [0.25, 0.3) is 10.8 Å². The summed E-state index contributed by atoms with van der Waals surface area (Å²) in [6.07, 6.45) is 6.25. The Morgan fingerprint density at radius 1 is 1.23 bits per heavy atom. The van der Waals surface area contributed by atoms with Gasteiger partial charge in [0.05, 0.1) is 5.69 Å². The van der Waals surface area contributed by atoms with Crippen LogP contribution in [-0.4, -0.2) is 16.5 Å². The highest BCUT2D eigenvalue weighted by molar-refractivity contribution is 5.83. The van der Waals surface area contributed by atoms with Crippen molar-refractivity contribution in [2.24, 2.45) is 5.73 Å². The lowest BCUT2D eigenvalue weighted by atomic mass is 10.1. The topological polar surface area (TPSA) is 51.8 Å². The predicted octanol–water partition coefficient (Wildman–Crippen LogP) is 1.13. The minimum atomic E-state index is 0.626. The van der Waals surface area contributed by atoms with Crippen molar-refractivity contribution < 1.29 is 0 Å². The third kappa shape index (κ3) is 1.51. The second kappa shape index (κ2) is 3.49. The molecule has 0 unspecified atom stereocenters. The van der Waals surface area contributed by atoms with Crippen LogP contribution < -0.4 is 5.73 Å². The monoisotopic (exact) mass is 173 g/mol. The first-order chi connectivity index (χ1) is 6.42. The summed E-state index contributed by atoms with van der Waals surface area (Å²) in [5, 5.41) is 2.28. The molecule has 0 aromatic carbocycles. The summed E-state index contributed by atoms with van der Waals surface area (Å²) in [7, 11) is 0. The Hall–Kier alpha value is -1.48. The molecule has 2 rings (SSSR count). The van der Waals surface area contributed by atoms with Gasteiger partial charge in [0.15, 0.2) is 0 Å². The van der Waals surface area contributed by atoms with Gasteiger partial charge in [-0.05, 0) is 24.1 Å². The molecular weight excluding hydrogens is 162 g/mol. The van der Waals surface area contributed by atoms with Crippen LogP contribution in [0.15, 0.2) is 30.7 Å². The van der Waals surface area contributed by atoms with Crippen molar-refractivity contribution in [1.82, 2.24) is 9.97 Å². The molecule has 0 bridgehead atoms. The maximum absolute atomic E-state index is 5.49. The van der Waals surface area contributed by atoms with Crippen LogP contribution in [0, 0.1) is 0 Å². The predicted molar refractivity (Wildman–Crippen MR) is 52.3 cm³/mol. The van der Waals surface area contributed by atoms with E-state index in [1.54, 1.807) is 6.20 Å². The highest BCUT2D eigenvalue weighted by Crippen LogP contribution is 2.14. The van der Waals surface area contributed by atoms with Gasteiger partial charge in [0.25, 0.3) is 0 Å². The molecule has 0 saturated heterocycles. The standard InChI is InChI=1S/C10H11N3/c11-4-1-10-9-7-12-5-2-8(9)3-6-13-10/h2-3,5-7H,1,4,11H2. The van der Waals surface area contributed by atoms with Crippen LogP contribution in [0.4, 0.5) is 0 Å². The minimum Gasteiger partial charge on any atom is -0.330 e. The number of nitrogens with zero attached hydrogens (tertiary/aromatic N) is 2. The quantitative estimate of drug-likeness (QED) is 0.740. The van der Waals surface area contributed by atoms with E-state index in [-0.39, 0.29) is 0 Å². The van der Waals surface area contributed by atoms with E-state index in [4.69, 9.17) is 5.73 Å². The fraction of sp³-hybridized carbons (Fsp3) is 0.200. The lowest BCUT2D eigenvalue weighted by Gasteiger charge is -2.02. The van der Waals surface area contributed by atoms with Gasteiger partial charge in [-0.25, -0.2) is 0 Å². The van der Waals surface area contributed by atoms with Crippen LogP contribution in [0.3, 0.4) is 0 Å². The van der Waals surface area contributed by atoms with Crippen molar-refractivity contribution in [3.63, 3.8) is 0 Å². The number of pyridine rings is 2. The SMILES string of the molecule is NCCc1nccc2ccncc12. The van der Waals surface area contributed by atoms with E-state index in [2.05, 4.69) is 9.97 Å². The number of nitrogens with two attached hydrogens (primary N) is 1. The van der Waals surface area contributed by atoms with Crippen LogP contribution in [0.5, 0.6) is 0 Å². The Morgan fingerprint density at radius 3 is 2.92 bits per heavy atom. The lowest BCUT2D eigenvalue weighted by molar-refractivity contribution is 0.934. The molecule has 0 radical (unpaired) electrons. The van der Waals surface area contributed by atoms with E-state index in [0.717, 1.165) is 17.5 Å². The third-order valence-corrected chi connectivity index (χ3v) is 2.03. The van der Waals surface area contributed by atoms with Crippen LogP contribution in [0.2, 0.25) is 0 Å². The zero-order chi connectivity index (χ0) is 9.10. The highest BCUT2D eigenvalue weighted by Gasteiger charge is 1.99. The zero-order valence-corrected chi connectivity index (χ0v) is 7.27. The Bertz CT molecular complexity index is 406. The number of aromatic nitrogens is 2. The molecule has 66 valence electrons. The van der Waals surface area contributed by atoms with E-state index in [0.29, 0.717) is 6.54 Å². The van der Waals surface area contributed by atoms with Crippen molar-refractivity contribution in [3.05, 3.63) is 36.4 Å². The molecule has 0 saturated carbocycles. The molecule has 0 aliphatic heterocycles. The number of fused-ring (bicyclic) bond motifs is 1. The molecule has 0 amide bonds. The Labute approximate surface area is 76.6 Å². The van der Waals surface area contributed by atoms with Crippen molar-refractivity contribution in [2.75, 3.05) is 6.54 Å². The fourth-order valence-electron chi connectivity index (χ4n) is 1.40. The minimum absolute atomic E-state index is 0.626. The van der Waals surface area contributed by atoms with Gasteiger partial charge in [-0.2, -0.15) is 0 Å². The first kappa shape index (κ1) is 8.13. The average Bonchev–Trinajstić information content (AvgIpc) is 2.19. The maximum atomic E-state index is 5.49. The second-order valence-electron chi connectivity index (χ2n) is 2.89. The molecule has 2 aromatic heterocycles. The second-order valence-corrected chi connectivity index (χ2v) is 2.89. The lowest BCUT2D eigenvalue weighted by Crippen LogP contribution is -2.04. The first-order valence-corrected chi connectivity index (χ1v) is 4.29. The van der Waals surface area contributed by atoms with Crippen molar-refractivity contribution in [2.45, 2.75) is 6.42 Å². The van der Waals surface area contributed by atoms with E-state index in [9.17, 15) is 0 Å². The molecule has 2 N–H and O–H groups in total. The molecule has 0 aliphatic carbocycles. The number of rotatable bonds is 2. The third-order valence-electron chi connectivity index (χ3n) is 2.03. The van der Waals surface area contributed by atoms with Crippen molar-refractivity contribution >= 4 is 10.8 Å². The van der Waals surface area contributed by atoms with Gasteiger partial charge in [0.1, 0.15) is 0 Å². The first-order valence-electron chi connectivity index (χ1n) is 4.29. The average molecular weight is 173 g/mol. The number of hydrogen-bond acceptors (Lipinski definition) is 3. The molecule has 3 heteroatoms. The summed E-state index contributed by atoms with van der Waals surface area (Å²) in [5.74, 6) is 0. The summed E-state index contributed by atoms with van der Waals surface area (Å²) >= 11 is 0. The van der Waals surface area contributed by atoms with E-state index in [1.807, 2.05) is 24.5 Å². The van der Waals surface area contributed by atoms with Gasteiger partial charge in [-0.3, -0.25) is 9.97 Å². The normalized spacial score (nSPS) is 10.5. The van der Waals surface area contributed by atoms with Gasteiger partial charge in [0.2, 0.25) is 0 Å². The Kier molecular flexibility index (Phi) is 2.19. The molecule has 13 heavy (non-hydrogen) atoms. The van der Waals surface area contributed by atoms with Gasteiger partial charge in [0, 0.05) is 30.4 Å². The van der Waals surface area contributed by atoms with Gasteiger partial charge >= 0.3 is 0 Å². The summed E-state index contributed by atoms with van der Waals surface area (Å²) in [6, 6.07) is 3.97. The summed E-state index contributed by atoms with van der Waals surface area (Å²) in [6.45, 7) is 0.626. The molecule has 2 aromatic rings. The van der Waals surface area contributed by atoms with Gasteiger partial charge < -0.3 is 5.73 Å². The van der Waals surface area contributed by atoms with E-state index < -0.39 is 0 Å².